The van der Waals surface area contributed by atoms with Gasteiger partial charge in [-0.05, 0) is 40.8 Å². The number of benzene rings is 2. The van der Waals surface area contributed by atoms with Crippen molar-refractivity contribution in [1.29, 1.82) is 0 Å². The van der Waals surface area contributed by atoms with Crippen LogP contribution in [-0.4, -0.2) is 0 Å². The zero-order valence-corrected chi connectivity index (χ0v) is 12.4. The van der Waals surface area contributed by atoms with E-state index in [-0.39, 0.29) is 6.04 Å². The first kappa shape index (κ1) is 12.9. The molecule has 0 aromatic heterocycles. The highest BCUT2D eigenvalue weighted by molar-refractivity contribution is 9.10. The molecule has 0 radical (unpaired) electrons. The normalized spacial score (nSPS) is 15.3. The lowest BCUT2D eigenvalue weighted by Gasteiger charge is -2.15. The van der Waals surface area contributed by atoms with Gasteiger partial charge in [-0.25, -0.2) is 0 Å². The van der Waals surface area contributed by atoms with Gasteiger partial charge in [0.05, 0.1) is 19.3 Å². The second-order valence-corrected chi connectivity index (χ2v) is 5.86. The van der Waals surface area contributed by atoms with Gasteiger partial charge in [0.25, 0.3) is 0 Å². The van der Waals surface area contributed by atoms with Crippen LogP contribution in [0.5, 0.6) is 0 Å². The zero-order valence-electron chi connectivity index (χ0n) is 10.8. The number of halogens is 1. The van der Waals surface area contributed by atoms with Gasteiger partial charge in [0.2, 0.25) is 0 Å². The van der Waals surface area contributed by atoms with Crippen LogP contribution in [0.15, 0.2) is 40.9 Å². The lowest BCUT2D eigenvalue weighted by atomic mass is 9.95. The maximum absolute atomic E-state index is 6.37. The third-order valence-electron chi connectivity index (χ3n) is 3.65. The fourth-order valence-electron chi connectivity index (χ4n) is 2.44. The molecule has 2 aromatic rings. The average Bonchev–Trinajstić information content (AvgIpc) is 2.88. The molecule has 1 unspecified atom stereocenters. The van der Waals surface area contributed by atoms with Gasteiger partial charge < -0.3 is 10.5 Å². The Hall–Kier alpha value is -1.16. The number of aryl methyl sites for hydroxylation is 1. The summed E-state index contributed by atoms with van der Waals surface area (Å²) in [6.45, 7) is 3.51. The van der Waals surface area contributed by atoms with Gasteiger partial charge >= 0.3 is 0 Å². The summed E-state index contributed by atoms with van der Waals surface area (Å²) < 4.78 is 6.56. The molecule has 19 heavy (non-hydrogen) atoms. The molecule has 0 bridgehead atoms. The van der Waals surface area contributed by atoms with E-state index in [2.05, 4.69) is 59.3 Å². The summed E-state index contributed by atoms with van der Waals surface area (Å²) in [6, 6.07) is 12.6. The number of ether oxygens (including phenoxy) is 1. The minimum Gasteiger partial charge on any atom is -0.372 e. The zero-order chi connectivity index (χ0) is 13.4. The summed E-state index contributed by atoms with van der Waals surface area (Å²) in [4.78, 5) is 0. The Morgan fingerprint density at radius 3 is 2.53 bits per heavy atom. The van der Waals surface area contributed by atoms with Crippen molar-refractivity contribution in [2.75, 3.05) is 0 Å². The van der Waals surface area contributed by atoms with E-state index in [0.29, 0.717) is 6.61 Å². The van der Waals surface area contributed by atoms with Crippen LogP contribution in [0.25, 0.3) is 0 Å². The smallest absolute Gasteiger partial charge is 0.0725 e. The highest BCUT2D eigenvalue weighted by Crippen LogP contribution is 2.28. The third kappa shape index (κ3) is 2.46. The van der Waals surface area contributed by atoms with E-state index in [0.717, 1.165) is 22.2 Å². The summed E-state index contributed by atoms with van der Waals surface area (Å²) >= 11 is 3.52. The summed E-state index contributed by atoms with van der Waals surface area (Å²) in [5.74, 6) is 0. The molecule has 1 aliphatic rings. The Bertz CT molecular complexity index is 624. The molecule has 0 amide bonds. The van der Waals surface area contributed by atoms with Crippen LogP contribution in [0.3, 0.4) is 0 Å². The largest absolute Gasteiger partial charge is 0.372 e. The Balaban J connectivity index is 1.94. The lowest BCUT2D eigenvalue weighted by molar-refractivity contribution is 0.134. The average molecular weight is 318 g/mol. The first-order chi connectivity index (χ1) is 9.15. The maximum atomic E-state index is 6.37. The van der Waals surface area contributed by atoms with Crippen LogP contribution in [0.1, 0.15) is 33.9 Å². The summed E-state index contributed by atoms with van der Waals surface area (Å²) in [7, 11) is 0. The van der Waals surface area contributed by atoms with Crippen molar-refractivity contribution in [3.63, 3.8) is 0 Å². The second kappa shape index (κ2) is 5.08. The fourth-order valence-corrected chi connectivity index (χ4v) is 2.69. The molecular weight excluding hydrogens is 302 g/mol. The van der Waals surface area contributed by atoms with Crippen molar-refractivity contribution in [3.8, 4) is 0 Å². The van der Waals surface area contributed by atoms with Crippen molar-refractivity contribution in [3.05, 3.63) is 68.7 Å². The van der Waals surface area contributed by atoms with E-state index in [4.69, 9.17) is 10.5 Å². The summed E-state index contributed by atoms with van der Waals surface area (Å²) in [6.07, 6.45) is 0. The monoisotopic (exact) mass is 317 g/mol. The topological polar surface area (TPSA) is 35.2 Å². The molecule has 0 saturated heterocycles. The SMILES string of the molecule is Cc1cc(C(N)c2ccc3c(c2)COC3)ccc1Br. The van der Waals surface area contributed by atoms with Gasteiger partial charge in [-0.2, -0.15) is 0 Å². The molecule has 3 rings (SSSR count). The van der Waals surface area contributed by atoms with Crippen molar-refractivity contribution in [2.45, 2.75) is 26.2 Å². The molecule has 2 nitrogen and oxygen atoms in total. The van der Waals surface area contributed by atoms with Gasteiger partial charge in [0.15, 0.2) is 0 Å². The van der Waals surface area contributed by atoms with Crippen LogP contribution in [0.2, 0.25) is 0 Å². The second-order valence-electron chi connectivity index (χ2n) is 5.01. The van der Waals surface area contributed by atoms with Crippen molar-refractivity contribution in [2.24, 2.45) is 5.73 Å². The first-order valence-corrected chi connectivity index (χ1v) is 7.15. The van der Waals surface area contributed by atoms with Gasteiger partial charge in [-0.1, -0.05) is 46.3 Å². The molecule has 3 heteroatoms. The quantitative estimate of drug-likeness (QED) is 0.913. The number of rotatable bonds is 2. The van der Waals surface area contributed by atoms with E-state index in [9.17, 15) is 0 Å². The van der Waals surface area contributed by atoms with Crippen molar-refractivity contribution < 1.29 is 4.74 Å². The molecule has 0 aliphatic carbocycles. The minimum absolute atomic E-state index is 0.0855. The molecule has 1 atom stereocenters. The predicted octanol–water partition coefficient (Wildman–Crippen LogP) is 3.84. The summed E-state index contributed by atoms with van der Waals surface area (Å²) in [5.41, 5.74) is 12.4. The number of hydrogen-bond donors (Lipinski definition) is 1. The van der Waals surface area contributed by atoms with E-state index in [1.807, 2.05) is 0 Å². The van der Waals surface area contributed by atoms with Gasteiger partial charge in [-0.15, -0.1) is 0 Å². The van der Waals surface area contributed by atoms with Gasteiger partial charge in [0.1, 0.15) is 0 Å². The minimum atomic E-state index is -0.0855. The Labute approximate surface area is 121 Å². The van der Waals surface area contributed by atoms with E-state index < -0.39 is 0 Å². The van der Waals surface area contributed by atoms with Gasteiger partial charge in [-0.3, -0.25) is 0 Å². The lowest BCUT2D eigenvalue weighted by Crippen LogP contribution is -2.12. The number of nitrogens with two attached hydrogens (primary N) is 1. The van der Waals surface area contributed by atoms with Crippen molar-refractivity contribution >= 4 is 15.9 Å². The molecule has 98 valence electrons. The van der Waals surface area contributed by atoms with Crippen LogP contribution in [0.4, 0.5) is 0 Å². The van der Waals surface area contributed by atoms with Gasteiger partial charge in [0, 0.05) is 4.47 Å². The molecule has 2 N–H and O–H groups in total. The van der Waals surface area contributed by atoms with E-state index in [1.54, 1.807) is 0 Å². The van der Waals surface area contributed by atoms with E-state index >= 15 is 0 Å². The molecule has 1 heterocycles. The molecule has 0 saturated carbocycles. The molecule has 1 aliphatic heterocycles. The van der Waals surface area contributed by atoms with Crippen LogP contribution >= 0.6 is 15.9 Å². The molecule has 2 aromatic carbocycles. The standard InChI is InChI=1S/C16H16BrNO/c1-10-6-11(4-5-15(10)17)16(18)12-2-3-13-8-19-9-14(13)7-12/h2-7,16H,8-9,18H2,1H3. The maximum Gasteiger partial charge on any atom is 0.0725 e. The third-order valence-corrected chi connectivity index (χ3v) is 4.54. The highest BCUT2D eigenvalue weighted by atomic mass is 79.9. The van der Waals surface area contributed by atoms with Crippen LogP contribution in [-0.2, 0) is 18.0 Å². The van der Waals surface area contributed by atoms with Crippen molar-refractivity contribution in [1.82, 2.24) is 0 Å². The number of hydrogen-bond acceptors (Lipinski definition) is 2. The molecular formula is C16H16BrNO. The molecule has 0 fully saturated rings. The van der Waals surface area contributed by atoms with Crippen LogP contribution < -0.4 is 5.73 Å². The number of fused-ring (bicyclic) bond motifs is 1. The fraction of sp³-hybridized carbons (Fsp3) is 0.250. The Morgan fingerprint density at radius 2 is 1.74 bits per heavy atom. The van der Waals surface area contributed by atoms with E-state index in [1.165, 1.54) is 16.7 Å². The summed E-state index contributed by atoms with van der Waals surface area (Å²) in [5, 5.41) is 0. The predicted molar refractivity (Wildman–Crippen MR) is 79.8 cm³/mol. The Morgan fingerprint density at radius 1 is 1.05 bits per heavy atom. The Kier molecular flexibility index (Phi) is 3.44. The first-order valence-electron chi connectivity index (χ1n) is 6.36. The highest BCUT2D eigenvalue weighted by Gasteiger charge is 2.15. The van der Waals surface area contributed by atoms with Crippen LogP contribution in [0, 0.1) is 6.92 Å². The molecule has 0 spiro atoms.